The first kappa shape index (κ1) is 121. The lowest BCUT2D eigenvalue weighted by atomic mass is 9.87. The van der Waals surface area contributed by atoms with E-state index in [1.807, 2.05) is 6.07 Å². The van der Waals surface area contributed by atoms with E-state index in [0.717, 1.165) is 61.2 Å². The summed E-state index contributed by atoms with van der Waals surface area (Å²) < 4.78 is 245. The van der Waals surface area contributed by atoms with Crippen LogP contribution in [0.2, 0.25) is 0 Å². The minimum absolute atomic E-state index is 0.00519. The number of aldehydes is 1. The second-order valence-electron chi connectivity index (χ2n) is 36.3. The van der Waals surface area contributed by atoms with Crippen molar-refractivity contribution < 1.29 is 186 Å². The quantitative estimate of drug-likeness (QED) is 0.00417. The molecule has 8 unspecified atom stereocenters. The minimum atomic E-state index is -4.48. The summed E-state index contributed by atoms with van der Waals surface area (Å²) in [6, 6.07) is 26.8. The number of carbonyl (C=O) groups is 8. The molecule has 28 nitrogen and oxygen atoms in total. The van der Waals surface area contributed by atoms with E-state index < -0.39 is 91.4 Å². The summed E-state index contributed by atoms with van der Waals surface area (Å²) in [6.07, 6.45) is -8.56. The van der Waals surface area contributed by atoms with Crippen molar-refractivity contribution in [1.29, 1.82) is 0 Å². The molecule has 5 aromatic rings. The number of ketones is 3. The Labute approximate surface area is 850 Å². The summed E-state index contributed by atoms with van der Waals surface area (Å²) in [5.41, 5.74) is -3.26. The number of aliphatic hydroxyl groups excluding tert-OH is 4. The molecule has 15 rings (SSSR count). The van der Waals surface area contributed by atoms with Gasteiger partial charge in [0.05, 0.1) is 84.6 Å². The molecule has 6 aliphatic carbocycles. The van der Waals surface area contributed by atoms with Gasteiger partial charge in [0.2, 0.25) is 0 Å². The van der Waals surface area contributed by atoms with Gasteiger partial charge in [-0.15, -0.1) is 72.9 Å². The van der Waals surface area contributed by atoms with Gasteiger partial charge in [0.1, 0.15) is 104 Å². The van der Waals surface area contributed by atoms with Gasteiger partial charge >= 0.3 is 81.6 Å². The number of benzene rings is 5. The van der Waals surface area contributed by atoms with Crippen LogP contribution in [-0.4, -0.2) is 220 Å². The zero-order valence-corrected chi connectivity index (χ0v) is 88.8. The fraction of sp³-hybridized carbons (Fsp3) is 0.543. The molecule has 4 aliphatic heterocycles. The summed E-state index contributed by atoms with van der Waals surface area (Å²) >= 11 is 0. The van der Waals surface area contributed by atoms with Crippen molar-refractivity contribution in [2.45, 2.75) is 194 Å². The zero-order valence-electron chi connectivity index (χ0n) is 78.6. The van der Waals surface area contributed by atoms with Crippen molar-refractivity contribution in [1.82, 2.24) is 0 Å². The van der Waals surface area contributed by atoms with E-state index >= 15 is 0 Å². The average Bonchev–Trinajstić information content (AvgIpc) is 1.66. The number of esters is 4. The molecule has 0 radical (unpaired) electrons. The van der Waals surface area contributed by atoms with Crippen molar-refractivity contribution in [2.75, 3.05) is 53.4 Å². The second-order valence-corrected chi connectivity index (χ2v) is 46.9. The first-order chi connectivity index (χ1) is 68.3. The van der Waals surface area contributed by atoms with Crippen molar-refractivity contribution >= 4 is 153 Å². The number of fused-ring (bicyclic) bond motifs is 5. The van der Waals surface area contributed by atoms with Gasteiger partial charge in [0.15, 0.2) is 18.2 Å². The molecule has 4 heterocycles. The number of carbonyl (C=O) groups excluding carboxylic acids is 8. The van der Waals surface area contributed by atoms with Crippen LogP contribution in [0.3, 0.4) is 0 Å². The summed E-state index contributed by atoms with van der Waals surface area (Å²) in [5, 5.41) is 40.6. The number of para-hydroxylation sites is 1. The lowest BCUT2D eigenvalue weighted by Gasteiger charge is -2.25. The molecule has 53 heteroatoms. The molecule has 0 bridgehead atoms. The molecule has 6 saturated carbocycles. The van der Waals surface area contributed by atoms with Crippen LogP contribution in [0.1, 0.15) is 119 Å². The molecule has 794 valence electrons. The summed E-state index contributed by atoms with van der Waals surface area (Å²) in [4.78, 5) is 92.1. The fourth-order valence-corrected chi connectivity index (χ4v) is 22.0. The molecular formula is C92H117B4F12O28P9. The van der Waals surface area contributed by atoms with Gasteiger partial charge in [-0.3, -0.25) is 38.1 Å². The third-order valence-corrected chi connectivity index (χ3v) is 29.2. The average molecular weight is 2220 g/mol. The van der Waals surface area contributed by atoms with Gasteiger partial charge in [0, 0.05) is 100 Å². The molecule has 5 aromatic carbocycles. The molecule has 10 aliphatic rings. The number of ether oxygens (including phenoxy) is 9. The van der Waals surface area contributed by atoms with E-state index in [1.54, 1.807) is 36.4 Å². The first-order valence-corrected chi connectivity index (χ1v) is 53.5. The Bertz CT molecular complexity index is 5200. The lowest BCUT2D eigenvalue weighted by Crippen LogP contribution is -2.28. The first-order valence-electron chi connectivity index (χ1n) is 46.5. The Morgan fingerprint density at radius 1 is 0.434 bits per heavy atom. The Morgan fingerprint density at radius 2 is 0.800 bits per heavy atom. The van der Waals surface area contributed by atoms with E-state index in [9.17, 15) is 116 Å². The number of Topliss-reactive ketones (excluding diaryl/α,β-unsaturated/α-hetero) is 2. The third-order valence-electron chi connectivity index (χ3n) is 26.1. The number of halogens is 12. The molecule has 4 N–H and O–H groups in total. The highest BCUT2D eigenvalue weighted by molar-refractivity contribution is 7.93. The van der Waals surface area contributed by atoms with Crippen molar-refractivity contribution in [3.63, 3.8) is 0 Å². The van der Waals surface area contributed by atoms with Crippen molar-refractivity contribution in [3.05, 3.63) is 174 Å². The maximum atomic E-state index is 12.8. The minimum Gasteiger partial charge on any atom is -0.491 e. The van der Waals surface area contributed by atoms with Crippen LogP contribution >= 0.6 is 80.5 Å². The van der Waals surface area contributed by atoms with Gasteiger partial charge in [-0.1, -0.05) is 60.7 Å². The standard InChI is InChI=1S/C18H24BF3O5P2.C18H22BF3O5P2.C18H20BF3O5P2.C18H21F3O5.C11H15O5P.C9H15BO3P2/c3*20-18(21,22)10-2-1-3-12(6-10)25-9-11(23)4-5-13-14-7-17(24)26-15(14)8-16(13)27-19(28)29;19-18(20,21)10-2-1-3-12(6-10)25-9-11(22)4-5-13-14-7-17(24)26-16(14)8-15(13)23;1-14-17(13,15-2)9-10(12)8-16-11-6-4-3-5-7-11;11-4-8-7-3-6(12)1-5(7)2-9(8)13-10(14)15/h1-3,6,11,13-16,23H,4-5,7-9,28-29H2;1-6,11,13-16,23H,7-9,28-29H2;1-6,13-16H,7-9,28-29H2;1-3,6,11,13-16,22-23H,4-5,7-9H2;3-7H,8-9H2,1-2H3;4-5,7-9H,1-3,14-15H2/b;2*5-4+;;;/t2*11-,13+,14-,15+,16-;13-,14+,15-,16+;11-,13+,14-,15-,16+;;5-,7-,8-,9+/m1101.0/s1. The van der Waals surface area contributed by atoms with E-state index in [4.69, 9.17) is 61.2 Å². The topological polar surface area (TPSA) is 373 Å². The van der Waals surface area contributed by atoms with Crippen LogP contribution in [0.5, 0.6) is 28.7 Å². The summed E-state index contributed by atoms with van der Waals surface area (Å²) in [6.45, 7) is -1.00. The fourth-order valence-electron chi connectivity index (χ4n) is 19.5. The van der Waals surface area contributed by atoms with E-state index in [-0.39, 0.29) is 232 Å². The predicted molar refractivity (Wildman–Crippen MR) is 537 cm³/mol. The van der Waals surface area contributed by atoms with E-state index in [1.165, 1.54) is 74.9 Å². The van der Waals surface area contributed by atoms with Crippen LogP contribution in [0.4, 0.5) is 52.7 Å². The molecule has 0 aromatic heterocycles. The molecule has 0 spiro atoms. The Kier molecular flexibility index (Phi) is 46.5. The number of hydrogen-bond donors (Lipinski definition) is 4. The van der Waals surface area contributed by atoms with Crippen LogP contribution < -0.4 is 23.7 Å². The molecule has 31 atom stereocenters. The van der Waals surface area contributed by atoms with E-state index in [0.29, 0.717) is 94.5 Å². The highest BCUT2D eigenvalue weighted by Crippen LogP contribution is 2.52. The molecule has 10 fully saturated rings. The van der Waals surface area contributed by atoms with Crippen molar-refractivity contribution in [2.24, 2.45) is 65.1 Å². The Balaban J connectivity index is 0.000000181. The van der Waals surface area contributed by atoms with Gasteiger partial charge in [-0.25, -0.2) is 0 Å². The maximum absolute atomic E-state index is 12.8. The van der Waals surface area contributed by atoms with Crippen LogP contribution in [0.25, 0.3) is 0 Å². The van der Waals surface area contributed by atoms with Gasteiger partial charge < -0.3 is 95.5 Å². The smallest absolute Gasteiger partial charge is 0.416 e. The van der Waals surface area contributed by atoms with Gasteiger partial charge in [-0.05, 0) is 147 Å². The van der Waals surface area contributed by atoms with Crippen molar-refractivity contribution in [3.8, 4) is 28.7 Å². The number of rotatable bonds is 38. The molecule has 4 saturated heterocycles. The maximum Gasteiger partial charge on any atom is 0.416 e. The van der Waals surface area contributed by atoms with Gasteiger partial charge in [-0.2, -0.15) is 52.7 Å². The van der Waals surface area contributed by atoms with Crippen LogP contribution in [0, 0.1) is 65.1 Å². The van der Waals surface area contributed by atoms with E-state index in [2.05, 4.69) is 82.0 Å². The highest BCUT2D eigenvalue weighted by atomic mass is 31.2. The molecule has 0 amide bonds. The number of aliphatic hydroxyl groups is 4. The Hall–Kier alpha value is -6.17. The SMILES string of the molecule is COP(=O)(CC(=O)COc1ccccc1)OC.O=C(/C=C/[C@H]1[C@H]2CC(=O)O[C@H]2C[C@H]1OB(P)P)COc1cccc(C(F)(F)F)c1.O=C1C[C@@H]2[C@H](/C=C/[C@@H](O)COc3cccc(C(F)(F)F)c3)[C@H](OB(P)P)C[C@@H]2O1.O=C1C[C@@H]2[C@H](CC[C@@H](O)COc3cccc(C(F)(F)F)c3)[C@H](O)C[C@@H]2O1.O=C1C[C@@H]2[C@H](CC[C@@H](O)COc3cccc(C(F)(F)F)c3)[C@H](OB(P)P)C[C@@H]2O1.O=C[C@H]1[C@H]2CC(=O)C[C@H]2C[C@H]1OB(P)P. The predicted octanol–water partition coefficient (Wildman–Crippen LogP) is 15.2. The summed E-state index contributed by atoms with van der Waals surface area (Å²) in [5.74, 6) is -0.555. The third kappa shape index (κ3) is 37.7. The highest BCUT2D eigenvalue weighted by Gasteiger charge is 2.55. The molecular weight excluding hydrogens is 2100 g/mol. The number of hydrogen-bond acceptors (Lipinski definition) is 28. The van der Waals surface area contributed by atoms with Gasteiger partial charge in [0.25, 0.3) is 0 Å². The monoisotopic (exact) mass is 2220 g/mol. The summed E-state index contributed by atoms with van der Waals surface area (Å²) in [7, 11) is 19.5. The van der Waals surface area contributed by atoms with Crippen LogP contribution in [0.15, 0.2) is 152 Å². The Morgan fingerprint density at radius 3 is 1.23 bits per heavy atom. The largest absolute Gasteiger partial charge is 0.491 e. The zero-order chi connectivity index (χ0) is 106. The lowest BCUT2D eigenvalue weighted by molar-refractivity contribution is -0.142. The normalized spacial score (nSPS) is 27.0. The van der Waals surface area contributed by atoms with Crippen LogP contribution in [-0.2, 0) is 114 Å². The number of alkyl halides is 12. The molecule has 145 heavy (non-hydrogen) atoms. The second kappa shape index (κ2) is 55.9.